The Kier molecular flexibility index (Phi) is 9.08. The zero-order valence-corrected chi connectivity index (χ0v) is 21.7. The highest BCUT2D eigenvalue weighted by molar-refractivity contribution is 7.89. The Bertz CT molecular complexity index is 972. The average Bonchev–Trinajstić information content (AvgIpc) is 3.22. The molecule has 0 saturated carbocycles. The molecule has 0 aromatic heterocycles. The van der Waals surface area contributed by atoms with Crippen LogP contribution in [0.15, 0.2) is 23.1 Å². The van der Waals surface area contributed by atoms with Crippen LogP contribution in [0.4, 0.5) is 5.69 Å². The molecule has 190 valence electrons. The molecule has 0 radical (unpaired) electrons. The van der Waals surface area contributed by atoms with Gasteiger partial charge in [-0.15, -0.1) is 0 Å². The van der Waals surface area contributed by atoms with Crippen LogP contribution in [0.25, 0.3) is 0 Å². The van der Waals surface area contributed by atoms with Gasteiger partial charge in [-0.25, -0.2) is 8.42 Å². The Labute approximate surface area is 204 Å². The van der Waals surface area contributed by atoms with Crippen molar-refractivity contribution in [1.29, 1.82) is 0 Å². The smallest absolute Gasteiger partial charge is 0.243 e. The van der Waals surface area contributed by atoms with Gasteiger partial charge in [0.15, 0.2) is 0 Å². The van der Waals surface area contributed by atoms with E-state index in [1.165, 1.54) is 22.2 Å². The predicted octanol–water partition coefficient (Wildman–Crippen LogP) is 1.14. The molecule has 1 N–H and O–H groups in total. The summed E-state index contributed by atoms with van der Waals surface area (Å²) in [5.41, 5.74) is 1.32. The molecule has 10 heteroatoms. The van der Waals surface area contributed by atoms with E-state index in [-0.39, 0.29) is 16.7 Å². The summed E-state index contributed by atoms with van der Waals surface area (Å²) in [6.45, 7) is 14.8. The number of hydrogen-bond acceptors (Lipinski definition) is 6. The number of carbonyl (C=O) groups is 2. The van der Waals surface area contributed by atoms with Crippen molar-refractivity contribution >= 4 is 27.5 Å². The van der Waals surface area contributed by atoms with Gasteiger partial charge in [0.2, 0.25) is 21.8 Å². The van der Waals surface area contributed by atoms with Gasteiger partial charge < -0.3 is 15.1 Å². The van der Waals surface area contributed by atoms with Gasteiger partial charge in [-0.05, 0) is 43.3 Å². The fourth-order valence-electron chi connectivity index (χ4n) is 4.86. The van der Waals surface area contributed by atoms with E-state index < -0.39 is 16.1 Å². The first-order valence-electron chi connectivity index (χ1n) is 12.4. The van der Waals surface area contributed by atoms with Crippen molar-refractivity contribution < 1.29 is 18.0 Å². The molecule has 2 aliphatic rings. The molecule has 34 heavy (non-hydrogen) atoms. The van der Waals surface area contributed by atoms with Gasteiger partial charge in [0.25, 0.3) is 0 Å². The molecule has 1 atom stereocenters. The lowest BCUT2D eigenvalue weighted by Crippen LogP contribution is -2.48. The lowest BCUT2D eigenvalue weighted by Gasteiger charge is -2.34. The van der Waals surface area contributed by atoms with E-state index in [9.17, 15) is 18.0 Å². The summed E-state index contributed by atoms with van der Waals surface area (Å²) >= 11 is 0. The third-order valence-electron chi connectivity index (χ3n) is 6.88. The second-order valence-electron chi connectivity index (χ2n) is 8.91. The number of sulfonamides is 1. The van der Waals surface area contributed by atoms with Crippen molar-refractivity contribution in [1.82, 2.24) is 19.4 Å². The van der Waals surface area contributed by atoms with E-state index in [4.69, 9.17) is 0 Å². The van der Waals surface area contributed by atoms with Crippen LogP contribution in [-0.2, 0) is 26.0 Å². The maximum absolute atomic E-state index is 13.0. The second kappa shape index (κ2) is 11.6. The molecule has 1 aromatic rings. The fourth-order valence-corrected chi connectivity index (χ4v) is 6.37. The minimum atomic E-state index is -3.61. The zero-order chi connectivity index (χ0) is 24.9. The quantitative estimate of drug-likeness (QED) is 0.492. The van der Waals surface area contributed by atoms with Gasteiger partial charge in [0.1, 0.15) is 6.04 Å². The van der Waals surface area contributed by atoms with Crippen LogP contribution >= 0.6 is 0 Å². The van der Waals surface area contributed by atoms with Gasteiger partial charge in [0, 0.05) is 64.8 Å². The molecule has 0 unspecified atom stereocenters. The summed E-state index contributed by atoms with van der Waals surface area (Å²) in [5, 5.41) is 2.99. The maximum Gasteiger partial charge on any atom is 0.243 e. The van der Waals surface area contributed by atoms with E-state index in [1.54, 1.807) is 26.0 Å². The number of piperazine rings is 1. The Balaban J connectivity index is 1.62. The van der Waals surface area contributed by atoms with Crippen LogP contribution in [0, 0.1) is 0 Å². The van der Waals surface area contributed by atoms with Crippen molar-refractivity contribution in [3.63, 3.8) is 0 Å². The Hall–Kier alpha value is -2.01. The van der Waals surface area contributed by atoms with Crippen LogP contribution < -0.4 is 10.2 Å². The van der Waals surface area contributed by atoms with E-state index >= 15 is 0 Å². The number of anilines is 1. The highest BCUT2D eigenvalue weighted by atomic mass is 32.2. The highest BCUT2D eigenvalue weighted by Crippen LogP contribution is 2.34. The van der Waals surface area contributed by atoms with Crippen molar-refractivity contribution in [2.75, 3.05) is 63.8 Å². The van der Waals surface area contributed by atoms with E-state index in [0.717, 1.165) is 45.7 Å². The standard InChI is InChI=1S/C24H39N5O4S/c1-5-26-13-15-27(16-14-26)12-8-11-25-24(31)23-18-20-17-21(34(32,33)28(6-2)7-3)9-10-22(20)29(23)19(4)30/h9-10,17,23H,5-8,11-16,18H2,1-4H3,(H,25,31)/t23-/m1/s1. The van der Waals surface area contributed by atoms with E-state index in [0.29, 0.717) is 37.3 Å². The van der Waals surface area contributed by atoms with Crippen LogP contribution in [-0.4, -0.2) is 99.3 Å². The molecule has 1 fully saturated rings. The first-order chi connectivity index (χ1) is 16.2. The first kappa shape index (κ1) is 26.6. The SMILES string of the molecule is CCN1CCN(CCCNC(=O)[C@H]2Cc3cc(S(=O)(=O)N(CC)CC)ccc3N2C(C)=O)CC1. The molecular weight excluding hydrogens is 454 g/mol. The summed E-state index contributed by atoms with van der Waals surface area (Å²) in [6.07, 6.45) is 1.16. The van der Waals surface area contributed by atoms with Gasteiger partial charge in [-0.3, -0.25) is 14.5 Å². The molecular formula is C24H39N5O4S. The summed E-state index contributed by atoms with van der Waals surface area (Å²) in [5.74, 6) is -0.428. The Morgan fingerprint density at radius 2 is 1.71 bits per heavy atom. The molecule has 9 nitrogen and oxygen atoms in total. The zero-order valence-electron chi connectivity index (χ0n) is 20.9. The largest absolute Gasteiger partial charge is 0.354 e. The Morgan fingerprint density at radius 3 is 2.29 bits per heavy atom. The van der Waals surface area contributed by atoms with Crippen molar-refractivity contribution in [3.05, 3.63) is 23.8 Å². The predicted molar refractivity (Wildman–Crippen MR) is 133 cm³/mol. The molecule has 3 rings (SSSR count). The number of rotatable bonds is 10. The van der Waals surface area contributed by atoms with Crippen LogP contribution in [0.3, 0.4) is 0 Å². The summed E-state index contributed by atoms with van der Waals surface area (Å²) in [6, 6.07) is 4.13. The number of amides is 2. The van der Waals surface area contributed by atoms with Crippen LogP contribution in [0.1, 0.15) is 39.7 Å². The number of carbonyl (C=O) groups excluding carboxylic acids is 2. The lowest BCUT2D eigenvalue weighted by molar-refractivity contribution is -0.125. The molecule has 0 bridgehead atoms. The molecule has 2 aliphatic heterocycles. The van der Waals surface area contributed by atoms with Crippen molar-refractivity contribution in [2.45, 2.75) is 51.5 Å². The average molecular weight is 494 g/mol. The third kappa shape index (κ3) is 5.79. The van der Waals surface area contributed by atoms with Gasteiger partial charge in [0.05, 0.1) is 4.90 Å². The number of likely N-dealkylation sites (N-methyl/N-ethyl adjacent to an activating group) is 1. The normalized spacial score (nSPS) is 19.4. The molecule has 0 spiro atoms. The highest BCUT2D eigenvalue weighted by Gasteiger charge is 2.37. The van der Waals surface area contributed by atoms with E-state index in [2.05, 4.69) is 22.0 Å². The summed E-state index contributed by atoms with van der Waals surface area (Å²) in [7, 11) is -3.61. The lowest BCUT2D eigenvalue weighted by atomic mass is 10.1. The first-order valence-corrected chi connectivity index (χ1v) is 13.8. The van der Waals surface area contributed by atoms with Crippen LogP contribution in [0.2, 0.25) is 0 Å². The van der Waals surface area contributed by atoms with Gasteiger partial charge >= 0.3 is 0 Å². The second-order valence-corrected chi connectivity index (χ2v) is 10.8. The topological polar surface area (TPSA) is 93.3 Å². The number of nitrogens with zero attached hydrogens (tertiary/aromatic N) is 4. The Morgan fingerprint density at radius 1 is 1.06 bits per heavy atom. The third-order valence-corrected chi connectivity index (χ3v) is 8.93. The van der Waals surface area contributed by atoms with E-state index in [1.807, 2.05) is 0 Å². The fraction of sp³-hybridized carbons (Fsp3) is 0.667. The molecule has 2 heterocycles. The summed E-state index contributed by atoms with van der Waals surface area (Å²) in [4.78, 5) is 31.9. The maximum atomic E-state index is 13.0. The number of benzene rings is 1. The minimum absolute atomic E-state index is 0.197. The number of hydrogen-bond donors (Lipinski definition) is 1. The molecule has 1 saturated heterocycles. The molecule has 1 aromatic carbocycles. The van der Waals surface area contributed by atoms with Crippen molar-refractivity contribution in [3.8, 4) is 0 Å². The van der Waals surface area contributed by atoms with Crippen LogP contribution in [0.5, 0.6) is 0 Å². The monoisotopic (exact) mass is 493 g/mol. The molecule has 2 amide bonds. The van der Waals surface area contributed by atoms with Gasteiger partial charge in [-0.1, -0.05) is 20.8 Å². The number of nitrogens with one attached hydrogen (secondary N) is 1. The molecule has 0 aliphatic carbocycles. The number of fused-ring (bicyclic) bond motifs is 1. The summed E-state index contributed by atoms with van der Waals surface area (Å²) < 4.78 is 27.3. The minimum Gasteiger partial charge on any atom is -0.354 e. The van der Waals surface area contributed by atoms with Gasteiger partial charge in [-0.2, -0.15) is 4.31 Å². The van der Waals surface area contributed by atoms with Crippen molar-refractivity contribution in [2.24, 2.45) is 0 Å².